The van der Waals surface area contributed by atoms with Gasteiger partial charge >= 0.3 is 0 Å². The molecule has 0 saturated carbocycles. The van der Waals surface area contributed by atoms with Crippen LogP contribution in [0.4, 0.5) is 0 Å². The first-order valence-electron chi connectivity index (χ1n) is 7.62. The summed E-state index contributed by atoms with van der Waals surface area (Å²) in [5.41, 5.74) is -1.41. The summed E-state index contributed by atoms with van der Waals surface area (Å²) in [5.74, 6) is 0.0738. The van der Waals surface area contributed by atoms with Crippen LogP contribution in [0, 0.1) is 0 Å². The van der Waals surface area contributed by atoms with E-state index < -0.39 is 11.2 Å². The predicted molar refractivity (Wildman–Crippen MR) is 76.6 cm³/mol. The molecule has 0 aliphatic carbocycles. The first-order chi connectivity index (χ1) is 10.0. The van der Waals surface area contributed by atoms with Crippen LogP contribution in [-0.2, 0) is 16.1 Å². The number of rotatable bonds is 3. The van der Waals surface area contributed by atoms with E-state index in [0.717, 1.165) is 12.8 Å². The Morgan fingerprint density at radius 2 is 2.14 bits per heavy atom. The molecule has 2 fully saturated rings. The quantitative estimate of drug-likeness (QED) is 0.895. The van der Waals surface area contributed by atoms with Gasteiger partial charge in [-0.2, -0.15) is 0 Å². The Bertz CT molecular complexity index is 486. The number of carbonyl (C=O) groups is 1. The van der Waals surface area contributed by atoms with Gasteiger partial charge in [0.1, 0.15) is 5.60 Å². The van der Waals surface area contributed by atoms with Gasteiger partial charge in [0.15, 0.2) is 0 Å². The Balaban J connectivity index is 1.58. The van der Waals surface area contributed by atoms with E-state index in [1.807, 2.05) is 22.6 Å². The standard InChI is InChI=1S/C15H23N3O3/c1-14(3-2-10-21-14)13(19)18-7-4-15(20,5-8-18)11-17-9-6-16-12-17/h6,9,12,20H,2-5,7-8,10-11H2,1H3/t14-/m0/s1. The molecule has 3 rings (SSSR count). The summed E-state index contributed by atoms with van der Waals surface area (Å²) >= 11 is 0. The van der Waals surface area contributed by atoms with Gasteiger partial charge in [-0.3, -0.25) is 4.79 Å². The third-order valence-corrected chi connectivity index (χ3v) is 4.69. The highest BCUT2D eigenvalue weighted by atomic mass is 16.5. The third kappa shape index (κ3) is 2.96. The van der Waals surface area contributed by atoms with Gasteiger partial charge in [0.2, 0.25) is 0 Å². The molecular weight excluding hydrogens is 270 g/mol. The fourth-order valence-corrected chi connectivity index (χ4v) is 3.29. The van der Waals surface area contributed by atoms with Gasteiger partial charge < -0.3 is 19.3 Å². The maximum atomic E-state index is 12.6. The lowest BCUT2D eigenvalue weighted by molar-refractivity contribution is -0.155. The molecule has 2 aliphatic heterocycles. The van der Waals surface area contributed by atoms with Crippen LogP contribution in [0.1, 0.15) is 32.6 Å². The number of hydrogen-bond acceptors (Lipinski definition) is 4. The van der Waals surface area contributed by atoms with E-state index in [1.165, 1.54) is 0 Å². The van der Waals surface area contributed by atoms with Crippen LogP contribution >= 0.6 is 0 Å². The average Bonchev–Trinajstić information content (AvgIpc) is 3.11. The summed E-state index contributed by atoms with van der Waals surface area (Å²) in [6.45, 7) is 4.25. The highest BCUT2D eigenvalue weighted by Gasteiger charge is 2.43. The van der Waals surface area contributed by atoms with Crippen LogP contribution in [0.25, 0.3) is 0 Å². The molecular formula is C15H23N3O3. The molecule has 2 aliphatic rings. The molecule has 21 heavy (non-hydrogen) atoms. The number of carbonyl (C=O) groups excluding carboxylic acids is 1. The van der Waals surface area contributed by atoms with Crippen molar-refractivity contribution in [3.8, 4) is 0 Å². The van der Waals surface area contributed by atoms with Crippen molar-refractivity contribution < 1.29 is 14.6 Å². The second kappa shape index (κ2) is 5.42. The minimum atomic E-state index is -0.755. The molecule has 1 N–H and O–H groups in total. The van der Waals surface area contributed by atoms with Crippen molar-refractivity contribution in [1.29, 1.82) is 0 Å². The number of aromatic nitrogens is 2. The predicted octanol–water partition coefficient (Wildman–Crippen LogP) is 0.806. The van der Waals surface area contributed by atoms with E-state index in [0.29, 0.717) is 39.1 Å². The van der Waals surface area contributed by atoms with Crippen molar-refractivity contribution in [2.75, 3.05) is 19.7 Å². The lowest BCUT2D eigenvalue weighted by atomic mass is 9.90. The highest BCUT2D eigenvalue weighted by Crippen LogP contribution is 2.30. The van der Waals surface area contributed by atoms with Crippen molar-refractivity contribution in [1.82, 2.24) is 14.5 Å². The normalized spacial score (nSPS) is 28.8. The Kier molecular flexibility index (Phi) is 3.75. The van der Waals surface area contributed by atoms with Crippen LogP contribution in [0.5, 0.6) is 0 Å². The van der Waals surface area contributed by atoms with E-state index >= 15 is 0 Å². The van der Waals surface area contributed by atoms with Crippen LogP contribution in [0.15, 0.2) is 18.7 Å². The van der Waals surface area contributed by atoms with Gasteiger partial charge in [-0.15, -0.1) is 0 Å². The van der Waals surface area contributed by atoms with Gasteiger partial charge in [-0.05, 0) is 32.6 Å². The van der Waals surface area contributed by atoms with E-state index in [2.05, 4.69) is 4.98 Å². The first kappa shape index (κ1) is 14.5. The van der Waals surface area contributed by atoms with Crippen molar-refractivity contribution in [3.05, 3.63) is 18.7 Å². The molecule has 2 saturated heterocycles. The molecule has 0 spiro atoms. The van der Waals surface area contributed by atoms with E-state index in [-0.39, 0.29) is 5.91 Å². The Labute approximate surface area is 124 Å². The summed E-state index contributed by atoms with van der Waals surface area (Å²) in [5, 5.41) is 10.7. The SMILES string of the molecule is C[C@@]1(C(=O)N2CCC(O)(Cn3ccnc3)CC2)CCCO1. The molecule has 3 heterocycles. The van der Waals surface area contributed by atoms with Gasteiger partial charge in [-0.25, -0.2) is 4.98 Å². The van der Waals surface area contributed by atoms with Crippen molar-refractivity contribution in [3.63, 3.8) is 0 Å². The molecule has 6 nitrogen and oxygen atoms in total. The van der Waals surface area contributed by atoms with E-state index in [9.17, 15) is 9.90 Å². The molecule has 0 aromatic carbocycles. The van der Waals surface area contributed by atoms with E-state index in [1.54, 1.807) is 12.5 Å². The number of imidazole rings is 1. The van der Waals surface area contributed by atoms with Gasteiger partial charge in [0.05, 0.1) is 18.5 Å². The first-order valence-corrected chi connectivity index (χ1v) is 7.62. The summed E-state index contributed by atoms with van der Waals surface area (Å²) in [7, 11) is 0. The summed E-state index contributed by atoms with van der Waals surface area (Å²) in [6, 6.07) is 0. The van der Waals surface area contributed by atoms with Crippen molar-refractivity contribution >= 4 is 5.91 Å². The van der Waals surface area contributed by atoms with Gasteiger partial charge in [0.25, 0.3) is 5.91 Å². The second-order valence-electron chi connectivity index (χ2n) is 6.43. The third-order valence-electron chi connectivity index (χ3n) is 4.69. The monoisotopic (exact) mass is 293 g/mol. The molecule has 0 unspecified atom stereocenters. The number of likely N-dealkylation sites (tertiary alicyclic amines) is 1. The largest absolute Gasteiger partial charge is 0.388 e. The zero-order valence-electron chi connectivity index (χ0n) is 12.5. The van der Waals surface area contributed by atoms with Crippen molar-refractivity contribution in [2.24, 2.45) is 0 Å². The van der Waals surface area contributed by atoms with Crippen LogP contribution in [-0.4, -0.2) is 56.4 Å². The van der Waals surface area contributed by atoms with Crippen LogP contribution in [0.2, 0.25) is 0 Å². The lowest BCUT2D eigenvalue weighted by Gasteiger charge is -2.40. The zero-order chi connectivity index (χ0) is 14.9. The summed E-state index contributed by atoms with van der Waals surface area (Å²) in [6.07, 6.45) is 8.19. The van der Waals surface area contributed by atoms with E-state index in [4.69, 9.17) is 4.74 Å². The molecule has 1 aromatic rings. The smallest absolute Gasteiger partial charge is 0.254 e. The Morgan fingerprint density at radius 1 is 1.38 bits per heavy atom. The summed E-state index contributed by atoms with van der Waals surface area (Å²) in [4.78, 5) is 18.4. The molecule has 0 radical (unpaired) electrons. The molecule has 6 heteroatoms. The summed E-state index contributed by atoms with van der Waals surface area (Å²) < 4.78 is 7.51. The molecule has 1 amide bonds. The van der Waals surface area contributed by atoms with Crippen LogP contribution in [0.3, 0.4) is 0 Å². The highest BCUT2D eigenvalue weighted by molar-refractivity contribution is 5.85. The molecule has 1 aromatic heterocycles. The minimum absolute atomic E-state index is 0.0738. The lowest BCUT2D eigenvalue weighted by Crippen LogP contribution is -2.54. The number of amides is 1. The molecule has 1 atom stereocenters. The minimum Gasteiger partial charge on any atom is -0.388 e. The molecule has 0 bridgehead atoms. The number of hydrogen-bond donors (Lipinski definition) is 1. The fraction of sp³-hybridized carbons (Fsp3) is 0.733. The fourth-order valence-electron chi connectivity index (χ4n) is 3.29. The Morgan fingerprint density at radius 3 is 2.71 bits per heavy atom. The Hall–Kier alpha value is -1.40. The van der Waals surface area contributed by atoms with Gasteiger partial charge in [-0.1, -0.05) is 0 Å². The van der Waals surface area contributed by atoms with Crippen molar-refractivity contribution in [2.45, 2.75) is 50.4 Å². The number of ether oxygens (including phenoxy) is 1. The maximum absolute atomic E-state index is 12.6. The average molecular weight is 293 g/mol. The second-order valence-corrected chi connectivity index (χ2v) is 6.43. The zero-order valence-corrected chi connectivity index (χ0v) is 12.5. The number of piperidine rings is 1. The molecule has 116 valence electrons. The van der Waals surface area contributed by atoms with Crippen LogP contribution < -0.4 is 0 Å². The maximum Gasteiger partial charge on any atom is 0.254 e. The topological polar surface area (TPSA) is 67.6 Å². The number of nitrogens with zero attached hydrogens (tertiary/aromatic N) is 3. The number of aliphatic hydroxyl groups is 1. The van der Waals surface area contributed by atoms with Gasteiger partial charge in [0, 0.05) is 32.1 Å².